The average Bonchev–Trinajstić information content (AvgIpc) is 2.90. The van der Waals surface area contributed by atoms with Gasteiger partial charge in [-0.3, -0.25) is 9.48 Å². The molecule has 0 fully saturated rings. The van der Waals surface area contributed by atoms with Crippen LogP contribution in [0.1, 0.15) is 63.9 Å². The molecule has 0 bridgehead atoms. The Morgan fingerprint density at radius 2 is 2.00 bits per heavy atom. The molecule has 1 rings (SSSR count). The lowest BCUT2D eigenvalue weighted by Crippen LogP contribution is -2.28. The second-order valence-electron chi connectivity index (χ2n) is 6.37. The number of aromatic nitrogens is 2. The lowest BCUT2D eigenvalue weighted by molar-refractivity contribution is 0.0783. The summed E-state index contributed by atoms with van der Waals surface area (Å²) in [6.07, 6.45) is 6.63. The van der Waals surface area contributed by atoms with Gasteiger partial charge >= 0.3 is 0 Å². The summed E-state index contributed by atoms with van der Waals surface area (Å²) in [5.74, 6) is 1.35. The van der Waals surface area contributed by atoms with Crippen LogP contribution in [0, 0.1) is 11.8 Å². The molecule has 0 spiro atoms. The van der Waals surface area contributed by atoms with Crippen LogP contribution in [0.25, 0.3) is 0 Å². The molecule has 1 heterocycles. The molecule has 0 radical (unpaired) electrons. The fourth-order valence-electron chi connectivity index (χ4n) is 2.56. The predicted octanol–water partition coefficient (Wildman–Crippen LogP) is 3.83. The van der Waals surface area contributed by atoms with E-state index in [2.05, 4.69) is 32.8 Å². The molecular weight excluding hydrogens is 262 g/mol. The van der Waals surface area contributed by atoms with Crippen molar-refractivity contribution < 1.29 is 4.79 Å². The van der Waals surface area contributed by atoms with Gasteiger partial charge in [-0.2, -0.15) is 5.10 Å². The van der Waals surface area contributed by atoms with E-state index in [0.717, 1.165) is 25.4 Å². The van der Waals surface area contributed by atoms with Crippen molar-refractivity contribution >= 4 is 5.91 Å². The van der Waals surface area contributed by atoms with E-state index in [1.807, 2.05) is 24.0 Å². The zero-order chi connectivity index (χ0) is 15.8. The number of amides is 1. The summed E-state index contributed by atoms with van der Waals surface area (Å²) in [6, 6.07) is 1.82. The Morgan fingerprint density at radius 1 is 1.33 bits per heavy atom. The topological polar surface area (TPSA) is 38.1 Å². The first-order valence-corrected chi connectivity index (χ1v) is 8.26. The number of hydrogen-bond acceptors (Lipinski definition) is 2. The SMILES string of the molecule is CCC(CC)CCCN(C)C(=O)c1ccn(CC(C)C)n1. The Hall–Kier alpha value is -1.32. The highest BCUT2D eigenvalue weighted by Crippen LogP contribution is 2.15. The van der Waals surface area contributed by atoms with Gasteiger partial charge < -0.3 is 4.90 Å². The van der Waals surface area contributed by atoms with E-state index in [-0.39, 0.29) is 5.91 Å². The van der Waals surface area contributed by atoms with E-state index >= 15 is 0 Å². The molecule has 0 aromatic carbocycles. The van der Waals surface area contributed by atoms with E-state index in [9.17, 15) is 4.79 Å². The molecule has 1 aromatic heterocycles. The quantitative estimate of drug-likeness (QED) is 0.694. The molecule has 0 saturated heterocycles. The van der Waals surface area contributed by atoms with E-state index in [0.29, 0.717) is 11.6 Å². The largest absolute Gasteiger partial charge is 0.340 e. The Morgan fingerprint density at radius 3 is 2.57 bits per heavy atom. The third-order valence-corrected chi connectivity index (χ3v) is 4.02. The van der Waals surface area contributed by atoms with Gasteiger partial charge in [0, 0.05) is 26.3 Å². The van der Waals surface area contributed by atoms with Crippen LogP contribution in [0.5, 0.6) is 0 Å². The standard InChI is InChI=1S/C17H31N3O/c1-6-15(7-2)9-8-11-19(5)17(21)16-10-12-20(18-16)13-14(3)4/h10,12,14-15H,6-9,11,13H2,1-5H3. The van der Waals surface area contributed by atoms with Crippen molar-refractivity contribution in [2.45, 2.75) is 59.9 Å². The summed E-state index contributed by atoms with van der Waals surface area (Å²) in [4.78, 5) is 14.1. The first-order chi connectivity index (χ1) is 9.97. The first kappa shape index (κ1) is 17.7. The molecule has 4 nitrogen and oxygen atoms in total. The molecule has 0 aliphatic rings. The Kier molecular flexibility index (Phi) is 7.48. The molecule has 0 atom stereocenters. The number of nitrogens with zero attached hydrogens (tertiary/aromatic N) is 3. The monoisotopic (exact) mass is 293 g/mol. The molecule has 0 aliphatic carbocycles. The summed E-state index contributed by atoms with van der Waals surface area (Å²) in [6.45, 7) is 10.4. The van der Waals surface area contributed by atoms with Crippen LogP contribution in [-0.2, 0) is 6.54 Å². The third kappa shape index (κ3) is 5.90. The molecule has 0 unspecified atom stereocenters. The van der Waals surface area contributed by atoms with Crippen LogP contribution >= 0.6 is 0 Å². The first-order valence-electron chi connectivity index (χ1n) is 8.26. The maximum atomic E-state index is 12.3. The van der Waals surface area contributed by atoms with Gasteiger partial charge in [0.1, 0.15) is 5.69 Å². The van der Waals surface area contributed by atoms with Crippen LogP contribution in [0.4, 0.5) is 0 Å². The van der Waals surface area contributed by atoms with Crippen molar-refractivity contribution in [1.82, 2.24) is 14.7 Å². The van der Waals surface area contributed by atoms with Gasteiger partial charge in [0.2, 0.25) is 0 Å². The molecular formula is C17H31N3O. The van der Waals surface area contributed by atoms with Gasteiger partial charge in [-0.05, 0) is 30.7 Å². The van der Waals surface area contributed by atoms with E-state index in [1.54, 1.807) is 4.90 Å². The molecule has 0 N–H and O–H groups in total. The normalized spacial score (nSPS) is 11.4. The number of carbonyl (C=O) groups excluding carboxylic acids is 1. The number of hydrogen-bond donors (Lipinski definition) is 0. The maximum Gasteiger partial charge on any atom is 0.274 e. The van der Waals surface area contributed by atoms with Crippen molar-refractivity contribution in [3.05, 3.63) is 18.0 Å². The Balaban J connectivity index is 2.44. The van der Waals surface area contributed by atoms with Gasteiger partial charge in [-0.25, -0.2) is 0 Å². The highest BCUT2D eigenvalue weighted by Gasteiger charge is 2.15. The van der Waals surface area contributed by atoms with Crippen molar-refractivity contribution in [2.75, 3.05) is 13.6 Å². The van der Waals surface area contributed by atoms with E-state index in [4.69, 9.17) is 0 Å². The van der Waals surface area contributed by atoms with E-state index in [1.165, 1.54) is 19.3 Å². The maximum absolute atomic E-state index is 12.3. The van der Waals surface area contributed by atoms with Crippen molar-refractivity contribution in [2.24, 2.45) is 11.8 Å². The number of carbonyl (C=O) groups is 1. The lowest BCUT2D eigenvalue weighted by atomic mass is 9.97. The molecule has 120 valence electrons. The zero-order valence-electron chi connectivity index (χ0n) is 14.3. The van der Waals surface area contributed by atoms with Crippen molar-refractivity contribution in [1.29, 1.82) is 0 Å². The highest BCUT2D eigenvalue weighted by atomic mass is 16.2. The summed E-state index contributed by atoms with van der Waals surface area (Å²) in [5, 5.41) is 4.37. The molecule has 4 heteroatoms. The number of rotatable bonds is 9. The fourth-order valence-corrected chi connectivity index (χ4v) is 2.56. The van der Waals surface area contributed by atoms with Crippen molar-refractivity contribution in [3.63, 3.8) is 0 Å². The van der Waals surface area contributed by atoms with Crippen LogP contribution < -0.4 is 0 Å². The summed E-state index contributed by atoms with van der Waals surface area (Å²) in [7, 11) is 1.87. The van der Waals surface area contributed by atoms with Crippen LogP contribution in [0.3, 0.4) is 0 Å². The minimum Gasteiger partial charge on any atom is -0.340 e. The van der Waals surface area contributed by atoms with Crippen LogP contribution in [-0.4, -0.2) is 34.2 Å². The van der Waals surface area contributed by atoms with E-state index < -0.39 is 0 Å². The smallest absolute Gasteiger partial charge is 0.274 e. The van der Waals surface area contributed by atoms with Gasteiger partial charge in [0.25, 0.3) is 5.91 Å². The summed E-state index contributed by atoms with van der Waals surface area (Å²) in [5.41, 5.74) is 0.556. The Bertz CT molecular complexity index is 421. The molecule has 1 aromatic rings. The molecule has 0 saturated carbocycles. The summed E-state index contributed by atoms with van der Waals surface area (Å²) >= 11 is 0. The third-order valence-electron chi connectivity index (χ3n) is 4.02. The van der Waals surface area contributed by atoms with Gasteiger partial charge in [0.05, 0.1) is 0 Å². The van der Waals surface area contributed by atoms with Crippen LogP contribution in [0.15, 0.2) is 12.3 Å². The second kappa shape index (κ2) is 8.85. The predicted molar refractivity (Wildman–Crippen MR) is 87.3 cm³/mol. The van der Waals surface area contributed by atoms with Gasteiger partial charge in [-0.1, -0.05) is 40.5 Å². The summed E-state index contributed by atoms with van der Waals surface area (Å²) < 4.78 is 1.86. The minimum absolute atomic E-state index is 0.0297. The van der Waals surface area contributed by atoms with Crippen LogP contribution in [0.2, 0.25) is 0 Å². The average molecular weight is 293 g/mol. The highest BCUT2D eigenvalue weighted by molar-refractivity contribution is 5.91. The zero-order valence-corrected chi connectivity index (χ0v) is 14.3. The second-order valence-corrected chi connectivity index (χ2v) is 6.37. The minimum atomic E-state index is 0.0297. The van der Waals surface area contributed by atoms with Gasteiger partial charge in [-0.15, -0.1) is 0 Å². The molecule has 0 aliphatic heterocycles. The molecule has 21 heavy (non-hydrogen) atoms. The molecule has 1 amide bonds. The van der Waals surface area contributed by atoms with Crippen molar-refractivity contribution in [3.8, 4) is 0 Å². The Labute approximate surface area is 129 Å². The van der Waals surface area contributed by atoms with Gasteiger partial charge in [0.15, 0.2) is 0 Å². The fraction of sp³-hybridized carbons (Fsp3) is 0.765. The lowest BCUT2D eigenvalue weighted by Gasteiger charge is -2.18.